The van der Waals surface area contributed by atoms with Crippen molar-refractivity contribution in [1.29, 1.82) is 0 Å². The van der Waals surface area contributed by atoms with Crippen LogP contribution in [0.5, 0.6) is 0 Å². The number of rotatable bonds is 4. The molecule has 2 fully saturated rings. The van der Waals surface area contributed by atoms with E-state index < -0.39 is 0 Å². The molecule has 2 nitrogen and oxygen atoms in total. The highest BCUT2D eigenvalue weighted by Gasteiger charge is 2.38. The zero-order valence-electron chi connectivity index (χ0n) is 7.81. The Labute approximate surface area is 84.0 Å². The molecule has 0 saturated heterocycles. The van der Waals surface area contributed by atoms with Crippen LogP contribution in [0.4, 0.5) is 0 Å². The van der Waals surface area contributed by atoms with E-state index in [-0.39, 0.29) is 11.4 Å². The third kappa shape index (κ3) is 2.16. The van der Waals surface area contributed by atoms with Gasteiger partial charge < -0.3 is 5.32 Å². The number of carbonyl (C=O) groups is 1. The molecule has 0 bridgehead atoms. The molecule has 0 spiro atoms. The van der Waals surface area contributed by atoms with Crippen LogP contribution in [0, 0.1) is 5.92 Å². The topological polar surface area (TPSA) is 29.1 Å². The smallest absolute Gasteiger partial charge is 0.220 e. The number of carbonyl (C=O) groups excluding carboxylic acids is 1. The molecule has 2 aliphatic rings. The van der Waals surface area contributed by atoms with E-state index in [0.29, 0.717) is 11.8 Å². The van der Waals surface area contributed by atoms with Crippen molar-refractivity contribution in [3.63, 3.8) is 0 Å². The average molecular weight is 202 g/mol. The Kier molecular flexibility index (Phi) is 2.50. The van der Waals surface area contributed by atoms with Gasteiger partial charge in [-0.2, -0.15) is 0 Å². The molecule has 2 aliphatic carbocycles. The summed E-state index contributed by atoms with van der Waals surface area (Å²) >= 11 is 5.84. The van der Waals surface area contributed by atoms with Gasteiger partial charge in [0.05, 0.1) is 5.54 Å². The molecule has 1 N–H and O–H groups in total. The molecule has 0 aromatic rings. The zero-order chi connectivity index (χ0) is 9.31. The average Bonchev–Trinajstić information content (AvgIpc) is 2.80. The molecule has 0 aromatic heterocycles. The lowest BCUT2D eigenvalue weighted by Crippen LogP contribution is -2.55. The summed E-state index contributed by atoms with van der Waals surface area (Å²) in [4.78, 5) is 11.5. The summed E-state index contributed by atoms with van der Waals surface area (Å²) in [6.07, 6.45) is 6.53. The molecular formula is C10H16ClNO. The van der Waals surface area contributed by atoms with Crippen LogP contribution in [0.2, 0.25) is 0 Å². The van der Waals surface area contributed by atoms with E-state index in [9.17, 15) is 4.79 Å². The Morgan fingerprint density at radius 3 is 2.54 bits per heavy atom. The fourth-order valence-corrected chi connectivity index (χ4v) is 2.16. The first-order valence-corrected chi connectivity index (χ1v) is 5.64. The Bertz CT molecular complexity index is 203. The Balaban J connectivity index is 1.77. The largest absolute Gasteiger partial charge is 0.349 e. The highest BCUT2D eigenvalue weighted by molar-refractivity contribution is 6.18. The minimum absolute atomic E-state index is 0.0342. The molecule has 0 aromatic carbocycles. The first kappa shape index (κ1) is 9.32. The summed E-state index contributed by atoms with van der Waals surface area (Å²) < 4.78 is 0. The van der Waals surface area contributed by atoms with Crippen molar-refractivity contribution in [2.24, 2.45) is 5.92 Å². The minimum Gasteiger partial charge on any atom is -0.349 e. The number of alkyl halides is 1. The summed E-state index contributed by atoms with van der Waals surface area (Å²) in [5.41, 5.74) is -0.0342. The van der Waals surface area contributed by atoms with Gasteiger partial charge in [-0.15, -0.1) is 11.6 Å². The van der Waals surface area contributed by atoms with Crippen LogP contribution in [0.1, 0.15) is 38.5 Å². The molecule has 3 heteroatoms. The summed E-state index contributed by atoms with van der Waals surface area (Å²) in [7, 11) is 0. The van der Waals surface area contributed by atoms with Gasteiger partial charge in [-0.25, -0.2) is 0 Å². The van der Waals surface area contributed by atoms with Crippen molar-refractivity contribution in [2.45, 2.75) is 44.1 Å². The van der Waals surface area contributed by atoms with Gasteiger partial charge in [0.1, 0.15) is 0 Å². The molecule has 0 heterocycles. The summed E-state index contributed by atoms with van der Waals surface area (Å²) in [6, 6.07) is 0. The second-order valence-electron chi connectivity index (χ2n) is 4.46. The molecule has 0 radical (unpaired) electrons. The van der Waals surface area contributed by atoms with Gasteiger partial charge in [0.15, 0.2) is 0 Å². The standard InChI is InChI=1S/C10H16ClNO/c11-7-10(4-1-5-10)12-9(13)6-8-2-3-8/h8H,1-7H2,(H,12,13). The Morgan fingerprint density at radius 1 is 1.46 bits per heavy atom. The van der Waals surface area contributed by atoms with Crippen LogP contribution in [-0.2, 0) is 4.79 Å². The van der Waals surface area contributed by atoms with Gasteiger partial charge in [0, 0.05) is 12.3 Å². The van der Waals surface area contributed by atoms with E-state index in [2.05, 4.69) is 5.32 Å². The third-order valence-electron chi connectivity index (χ3n) is 3.14. The van der Waals surface area contributed by atoms with Crippen molar-refractivity contribution in [3.05, 3.63) is 0 Å². The van der Waals surface area contributed by atoms with E-state index in [1.165, 1.54) is 19.3 Å². The van der Waals surface area contributed by atoms with Gasteiger partial charge in [-0.05, 0) is 38.0 Å². The summed E-state index contributed by atoms with van der Waals surface area (Å²) in [6.45, 7) is 0. The number of halogens is 1. The van der Waals surface area contributed by atoms with Crippen molar-refractivity contribution in [3.8, 4) is 0 Å². The maximum atomic E-state index is 11.5. The molecule has 1 amide bonds. The maximum absolute atomic E-state index is 11.5. The molecule has 74 valence electrons. The normalized spacial score (nSPS) is 25.0. The molecule has 0 unspecified atom stereocenters. The fourth-order valence-electron chi connectivity index (χ4n) is 1.83. The Morgan fingerprint density at radius 2 is 2.15 bits per heavy atom. The molecular weight excluding hydrogens is 186 g/mol. The molecule has 0 atom stereocenters. The number of nitrogens with one attached hydrogen (secondary N) is 1. The van der Waals surface area contributed by atoms with E-state index in [0.717, 1.165) is 19.3 Å². The van der Waals surface area contributed by atoms with Gasteiger partial charge in [0.2, 0.25) is 5.91 Å². The number of hydrogen-bond acceptors (Lipinski definition) is 1. The molecule has 13 heavy (non-hydrogen) atoms. The van der Waals surface area contributed by atoms with E-state index in [4.69, 9.17) is 11.6 Å². The maximum Gasteiger partial charge on any atom is 0.220 e. The van der Waals surface area contributed by atoms with Crippen LogP contribution in [0.3, 0.4) is 0 Å². The molecule has 2 saturated carbocycles. The lowest BCUT2D eigenvalue weighted by molar-refractivity contribution is -0.124. The van der Waals surface area contributed by atoms with Gasteiger partial charge >= 0.3 is 0 Å². The summed E-state index contributed by atoms with van der Waals surface area (Å²) in [5, 5.41) is 3.08. The van der Waals surface area contributed by atoms with Crippen molar-refractivity contribution >= 4 is 17.5 Å². The van der Waals surface area contributed by atoms with Crippen molar-refractivity contribution in [1.82, 2.24) is 5.32 Å². The van der Waals surface area contributed by atoms with Crippen LogP contribution >= 0.6 is 11.6 Å². The van der Waals surface area contributed by atoms with Crippen molar-refractivity contribution in [2.75, 3.05) is 5.88 Å². The molecule has 0 aliphatic heterocycles. The van der Waals surface area contributed by atoms with E-state index >= 15 is 0 Å². The van der Waals surface area contributed by atoms with Crippen LogP contribution in [-0.4, -0.2) is 17.3 Å². The summed E-state index contributed by atoms with van der Waals surface area (Å²) in [5.74, 6) is 1.46. The van der Waals surface area contributed by atoms with Crippen LogP contribution < -0.4 is 5.32 Å². The second-order valence-corrected chi connectivity index (χ2v) is 4.73. The number of hydrogen-bond donors (Lipinski definition) is 1. The predicted molar refractivity (Wildman–Crippen MR) is 52.8 cm³/mol. The van der Waals surface area contributed by atoms with Gasteiger partial charge in [0.25, 0.3) is 0 Å². The minimum atomic E-state index is -0.0342. The number of amides is 1. The molecule has 2 rings (SSSR count). The van der Waals surface area contributed by atoms with Crippen LogP contribution in [0.25, 0.3) is 0 Å². The lowest BCUT2D eigenvalue weighted by Gasteiger charge is -2.41. The quantitative estimate of drug-likeness (QED) is 0.694. The Hall–Kier alpha value is -0.240. The van der Waals surface area contributed by atoms with Crippen LogP contribution in [0.15, 0.2) is 0 Å². The first-order chi connectivity index (χ1) is 6.24. The second kappa shape index (κ2) is 3.49. The van der Waals surface area contributed by atoms with Gasteiger partial charge in [-0.1, -0.05) is 0 Å². The zero-order valence-corrected chi connectivity index (χ0v) is 8.57. The third-order valence-corrected chi connectivity index (χ3v) is 3.65. The predicted octanol–water partition coefficient (Wildman–Crippen LogP) is 2.06. The SMILES string of the molecule is O=C(CC1CC1)NC1(CCl)CCC1. The lowest BCUT2D eigenvalue weighted by atomic mass is 9.78. The van der Waals surface area contributed by atoms with Crippen molar-refractivity contribution < 1.29 is 4.79 Å². The first-order valence-electron chi connectivity index (χ1n) is 5.11. The highest BCUT2D eigenvalue weighted by Crippen LogP contribution is 2.35. The highest BCUT2D eigenvalue weighted by atomic mass is 35.5. The fraction of sp³-hybridized carbons (Fsp3) is 0.900. The van der Waals surface area contributed by atoms with Gasteiger partial charge in [-0.3, -0.25) is 4.79 Å². The monoisotopic (exact) mass is 201 g/mol. The van der Waals surface area contributed by atoms with E-state index in [1.54, 1.807) is 0 Å². The van der Waals surface area contributed by atoms with E-state index in [1.807, 2.05) is 0 Å².